The number of hydrogen-bond donors (Lipinski definition) is 2. The summed E-state index contributed by atoms with van der Waals surface area (Å²) in [6.07, 6.45) is 2.48. The van der Waals surface area contributed by atoms with Gasteiger partial charge in [0.1, 0.15) is 0 Å². The summed E-state index contributed by atoms with van der Waals surface area (Å²) in [5.41, 5.74) is 7.00. The lowest BCUT2D eigenvalue weighted by Gasteiger charge is -2.39. The number of rotatable bonds is 4. The second kappa shape index (κ2) is 7.72. The molecule has 1 fully saturated rings. The number of nitrogens with zero attached hydrogens (tertiary/aromatic N) is 1. The first kappa shape index (κ1) is 17.1. The molecule has 1 heterocycles. The van der Waals surface area contributed by atoms with Gasteiger partial charge >= 0.3 is 0 Å². The Morgan fingerprint density at radius 3 is 2.80 bits per heavy atom. The van der Waals surface area contributed by atoms with Gasteiger partial charge in [-0.1, -0.05) is 13.0 Å². The van der Waals surface area contributed by atoms with Crippen molar-refractivity contribution in [1.82, 2.24) is 4.90 Å². The number of aromatic hydroxyl groups is 1. The van der Waals surface area contributed by atoms with Gasteiger partial charge in [0.05, 0.1) is 7.11 Å². The van der Waals surface area contributed by atoms with Crippen LogP contribution in [-0.4, -0.2) is 36.2 Å². The molecule has 0 aromatic heterocycles. The van der Waals surface area contributed by atoms with Crippen LogP contribution in [0.1, 0.15) is 25.3 Å². The second-order valence-electron chi connectivity index (χ2n) is 5.40. The fourth-order valence-corrected chi connectivity index (χ4v) is 2.98. The average Bonchev–Trinajstić information content (AvgIpc) is 2.39. The summed E-state index contributed by atoms with van der Waals surface area (Å²) in [6.45, 7) is 4.89. The smallest absolute Gasteiger partial charge is 0.160 e. The quantitative estimate of drug-likeness (QED) is 0.896. The predicted molar refractivity (Wildman–Crippen MR) is 83.6 cm³/mol. The summed E-state index contributed by atoms with van der Waals surface area (Å²) < 4.78 is 5.07. The molecule has 20 heavy (non-hydrogen) atoms. The predicted octanol–water partition coefficient (Wildman–Crippen LogP) is 2.38. The van der Waals surface area contributed by atoms with Crippen molar-refractivity contribution in [2.75, 3.05) is 20.2 Å². The molecule has 0 spiro atoms. The van der Waals surface area contributed by atoms with E-state index >= 15 is 0 Å². The van der Waals surface area contributed by atoms with Gasteiger partial charge in [-0.05, 0) is 43.0 Å². The van der Waals surface area contributed by atoms with E-state index in [-0.39, 0.29) is 18.2 Å². The van der Waals surface area contributed by atoms with Crippen LogP contribution in [0.4, 0.5) is 0 Å². The fourth-order valence-electron chi connectivity index (χ4n) is 2.98. The summed E-state index contributed by atoms with van der Waals surface area (Å²) in [5, 5.41) is 9.83. The Morgan fingerprint density at radius 1 is 1.45 bits per heavy atom. The molecule has 0 saturated carbocycles. The van der Waals surface area contributed by atoms with E-state index in [1.807, 2.05) is 12.1 Å². The second-order valence-corrected chi connectivity index (χ2v) is 5.40. The highest BCUT2D eigenvalue weighted by Gasteiger charge is 2.27. The number of benzene rings is 1. The minimum atomic E-state index is 0. The first-order chi connectivity index (χ1) is 9.15. The summed E-state index contributed by atoms with van der Waals surface area (Å²) in [6, 6.07) is 6.05. The van der Waals surface area contributed by atoms with Gasteiger partial charge in [0.25, 0.3) is 0 Å². The molecule has 3 N–H and O–H groups in total. The molecule has 1 aliphatic heterocycles. The van der Waals surface area contributed by atoms with Crippen LogP contribution in [0, 0.1) is 5.92 Å². The Kier molecular flexibility index (Phi) is 6.59. The number of nitrogens with two attached hydrogens (primary N) is 1. The van der Waals surface area contributed by atoms with E-state index in [0.717, 1.165) is 18.7 Å². The van der Waals surface area contributed by atoms with Crippen molar-refractivity contribution in [2.24, 2.45) is 11.7 Å². The maximum absolute atomic E-state index is 9.83. The van der Waals surface area contributed by atoms with Crippen LogP contribution < -0.4 is 10.5 Å². The molecule has 0 bridgehead atoms. The number of phenols is 1. The largest absolute Gasteiger partial charge is 0.504 e. The molecule has 114 valence electrons. The van der Waals surface area contributed by atoms with Gasteiger partial charge in [-0.3, -0.25) is 4.90 Å². The zero-order valence-corrected chi connectivity index (χ0v) is 13.0. The molecule has 2 rings (SSSR count). The molecule has 1 aromatic rings. The van der Waals surface area contributed by atoms with Gasteiger partial charge in [-0.2, -0.15) is 0 Å². The maximum Gasteiger partial charge on any atom is 0.160 e. The fraction of sp³-hybridized carbons (Fsp3) is 0.600. The lowest BCUT2D eigenvalue weighted by atomic mass is 9.90. The van der Waals surface area contributed by atoms with Crippen LogP contribution in [0.2, 0.25) is 0 Å². The summed E-state index contributed by atoms with van der Waals surface area (Å²) >= 11 is 0. The van der Waals surface area contributed by atoms with Crippen LogP contribution in [0.3, 0.4) is 0 Å². The molecule has 1 aromatic carbocycles. The Morgan fingerprint density at radius 2 is 2.20 bits per heavy atom. The third-order valence-corrected chi connectivity index (χ3v) is 4.10. The monoisotopic (exact) mass is 300 g/mol. The number of methoxy groups -OCH3 is 1. The van der Waals surface area contributed by atoms with Crippen molar-refractivity contribution in [2.45, 2.75) is 32.4 Å². The van der Waals surface area contributed by atoms with Gasteiger partial charge in [-0.15, -0.1) is 12.4 Å². The van der Waals surface area contributed by atoms with E-state index in [4.69, 9.17) is 10.5 Å². The zero-order chi connectivity index (χ0) is 13.8. The van der Waals surface area contributed by atoms with E-state index in [0.29, 0.717) is 24.3 Å². The number of piperidine rings is 1. The molecule has 2 unspecified atom stereocenters. The third-order valence-electron chi connectivity index (χ3n) is 4.10. The molecule has 0 radical (unpaired) electrons. The average molecular weight is 301 g/mol. The molecule has 0 aliphatic carbocycles. The molecule has 1 aliphatic rings. The van der Waals surface area contributed by atoms with Gasteiger partial charge in [0.15, 0.2) is 11.5 Å². The lowest BCUT2D eigenvalue weighted by molar-refractivity contribution is 0.0990. The lowest BCUT2D eigenvalue weighted by Crippen LogP contribution is -2.47. The van der Waals surface area contributed by atoms with Crippen molar-refractivity contribution in [3.8, 4) is 11.5 Å². The Bertz CT molecular complexity index is 428. The van der Waals surface area contributed by atoms with Crippen LogP contribution >= 0.6 is 12.4 Å². The molecular formula is C15H25ClN2O2. The Labute approximate surface area is 127 Å². The summed E-state index contributed by atoms with van der Waals surface area (Å²) in [5.74, 6) is 1.37. The molecule has 5 heteroatoms. The SMILES string of the molecule is COc1ccc(CN2CCCC(C)C2CN)cc1O.Cl. The minimum absolute atomic E-state index is 0. The highest BCUT2D eigenvalue weighted by molar-refractivity contribution is 5.85. The van der Waals surface area contributed by atoms with Crippen molar-refractivity contribution < 1.29 is 9.84 Å². The number of ether oxygens (including phenoxy) is 1. The van der Waals surface area contributed by atoms with Gasteiger partial charge in [0.2, 0.25) is 0 Å². The molecule has 2 atom stereocenters. The maximum atomic E-state index is 9.83. The first-order valence-electron chi connectivity index (χ1n) is 6.95. The van der Waals surface area contributed by atoms with Crippen LogP contribution in [-0.2, 0) is 6.54 Å². The van der Waals surface area contributed by atoms with Crippen LogP contribution in [0.15, 0.2) is 18.2 Å². The van der Waals surface area contributed by atoms with Gasteiger partial charge in [-0.25, -0.2) is 0 Å². The summed E-state index contributed by atoms with van der Waals surface area (Å²) in [7, 11) is 1.56. The highest BCUT2D eigenvalue weighted by atomic mass is 35.5. The number of phenolic OH excluding ortho intramolecular Hbond substituents is 1. The number of hydrogen-bond acceptors (Lipinski definition) is 4. The minimum Gasteiger partial charge on any atom is -0.504 e. The van der Waals surface area contributed by atoms with Crippen molar-refractivity contribution in [3.63, 3.8) is 0 Å². The molecule has 1 saturated heterocycles. The Hall–Kier alpha value is -0.970. The highest BCUT2D eigenvalue weighted by Crippen LogP contribution is 2.29. The standard InChI is InChI=1S/C15H24N2O2.ClH/c1-11-4-3-7-17(13(11)9-16)10-12-5-6-15(19-2)14(18)8-12;/h5-6,8,11,13,18H,3-4,7,9-10,16H2,1-2H3;1H. The normalized spacial score (nSPS) is 23.1. The van der Waals surface area contributed by atoms with Crippen molar-refractivity contribution in [1.29, 1.82) is 0 Å². The zero-order valence-electron chi connectivity index (χ0n) is 12.2. The van der Waals surface area contributed by atoms with Crippen molar-refractivity contribution >= 4 is 12.4 Å². The van der Waals surface area contributed by atoms with E-state index in [9.17, 15) is 5.11 Å². The van der Waals surface area contributed by atoms with Gasteiger partial charge < -0.3 is 15.6 Å². The van der Waals surface area contributed by atoms with E-state index in [1.54, 1.807) is 13.2 Å². The summed E-state index contributed by atoms with van der Waals surface area (Å²) in [4.78, 5) is 2.43. The van der Waals surface area contributed by atoms with Crippen LogP contribution in [0.25, 0.3) is 0 Å². The van der Waals surface area contributed by atoms with E-state index in [2.05, 4.69) is 11.8 Å². The first-order valence-corrected chi connectivity index (χ1v) is 6.95. The number of likely N-dealkylation sites (tertiary alicyclic amines) is 1. The molecule has 4 nitrogen and oxygen atoms in total. The number of halogens is 1. The topological polar surface area (TPSA) is 58.7 Å². The van der Waals surface area contributed by atoms with Crippen molar-refractivity contribution in [3.05, 3.63) is 23.8 Å². The molecule has 0 amide bonds. The van der Waals surface area contributed by atoms with E-state index < -0.39 is 0 Å². The Balaban J connectivity index is 0.00000200. The van der Waals surface area contributed by atoms with Gasteiger partial charge in [0, 0.05) is 19.1 Å². The van der Waals surface area contributed by atoms with E-state index in [1.165, 1.54) is 12.8 Å². The molecular weight excluding hydrogens is 276 g/mol. The third kappa shape index (κ3) is 3.78. The van der Waals surface area contributed by atoms with Crippen LogP contribution in [0.5, 0.6) is 11.5 Å².